The van der Waals surface area contributed by atoms with Crippen LogP contribution in [0.5, 0.6) is 0 Å². The second-order valence-corrected chi connectivity index (χ2v) is 12.4. The van der Waals surface area contributed by atoms with Gasteiger partial charge in [-0.2, -0.15) is 5.10 Å². The summed E-state index contributed by atoms with van der Waals surface area (Å²) in [5.74, 6) is -1.55. The maximum absolute atomic E-state index is 14.1. The Morgan fingerprint density at radius 1 is 0.938 bits per heavy atom. The molecule has 1 saturated heterocycles. The summed E-state index contributed by atoms with van der Waals surface area (Å²) in [6, 6.07) is 14.7. The van der Waals surface area contributed by atoms with Crippen LogP contribution in [0.4, 0.5) is 5.82 Å². The fraction of sp³-hybridized carbons (Fsp3) is 0.206. The molecule has 0 spiro atoms. The Labute approximate surface area is 282 Å². The lowest BCUT2D eigenvalue weighted by Gasteiger charge is -2.31. The first kappa shape index (κ1) is 31.0. The van der Waals surface area contributed by atoms with E-state index in [1.807, 2.05) is 12.1 Å². The molecule has 2 aromatic carbocycles. The van der Waals surface area contributed by atoms with Gasteiger partial charge in [0.1, 0.15) is 34.5 Å². The van der Waals surface area contributed by atoms with E-state index in [-0.39, 0.29) is 47.9 Å². The Bertz CT molecular complexity index is 2130. The molecular formula is C34H27BrN8O5. The first-order valence-electron chi connectivity index (χ1n) is 15.1. The Balaban J connectivity index is 1.22. The van der Waals surface area contributed by atoms with Crippen molar-refractivity contribution < 1.29 is 24.0 Å². The third kappa shape index (κ3) is 5.43. The summed E-state index contributed by atoms with van der Waals surface area (Å²) < 4.78 is 1.92. The number of carbonyl (C=O) groups is 5. The zero-order chi connectivity index (χ0) is 33.7. The predicted molar refractivity (Wildman–Crippen MR) is 177 cm³/mol. The Hall–Kier alpha value is -5.63. The molecule has 0 saturated carbocycles. The number of fused-ring (bicyclic) bond motifs is 2. The number of imide groups is 1. The largest absolute Gasteiger partial charge is 0.327 e. The molecule has 2 aliphatic rings. The number of carbonyl (C=O) groups excluding carboxylic acids is 5. The predicted octanol–water partition coefficient (Wildman–Crippen LogP) is 4.07. The molecule has 5 aromatic rings. The molecule has 0 radical (unpaired) electrons. The second-order valence-electron chi connectivity index (χ2n) is 11.6. The highest BCUT2D eigenvalue weighted by molar-refractivity contribution is 9.10. The molecule has 240 valence electrons. The van der Waals surface area contributed by atoms with Crippen LogP contribution in [-0.4, -0.2) is 82.6 Å². The van der Waals surface area contributed by atoms with Gasteiger partial charge in [-0.3, -0.25) is 33.6 Å². The molecule has 2 atom stereocenters. The van der Waals surface area contributed by atoms with Gasteiger partial charge in [0, 0.05) is 36.8 Å². The first-order valence-corrected chi connectivity index (χ1v) is 15.9. The molecule has 3 aromatic heterocycles. The second kappa shape index (κ2) is 12.2. The number of anilines is 1. The molecule has 5 heterocycles. The number of halogens is 1. The van der Waals surface area contributed by atoms with E-state index in [9.17, 15) is 24.0 Å². The van der Waals surface area contributed by atoms with E-state index in [0.29, 0.717) is 21.3 Å². The third-order valence-corrected chi connectivity index (χ3v) is 9.00. The molecule has 0 bridgehead atoms. The topological polar surface area (TPSA) is 160 Å². The van der Waals surface area contributed by atoms with Crippen LogP contribution in [0.1, 0.15) is 50.4 Å². The lowest BCUT2D eigenvalue weighted by Crippen LogP contribution is -2.55. The van der Waals surface area contributed by atoms with Crippen LogP contribution in [-0.2, 0) is 16.1 Å². The minimum Gasteiger partial charge on any atom is -0.327 e. The van der Waals surface area contributed by atoms with E-state index in [1.54, 1.807) is 67.8 Å². The molecule has 13 nitrogen and oxygen atoms in total. The number of likely N-dealkylation sites (tertiary alicyclic amines) is 1. The van der Waals surface area contributed by atoms with Gasteiger partial charge in [0.15, 0.2) is 5.78 Å². The van der Waals surface area contributed by atoms with Crippen molar-refractivity contribution in [1.29, 1.82) is 0 Å². The molecule has 1 fully saturated rings. The van der Waals surface area contributed by atoms with Crippen molar-refractivity contribution in [3.63, 3.8) is 0 Å². The van der Waals surface area contributed by atoms with Crippen LogP contribution >= 0.6 is 15.9 Å². The van der Waals surface area contributed by atoms with Crippen LogP contribution in [0, 0.1) is 6.92 Å². The fourth-order valence-corrected chi connectivity index (χ4v) is 6.67. The zero-order valence-corrected chi connectivity index (χ0v) is 27.3. The number of ketones is 1. The average Bonchev–Trinajstić information content (AvgIpc) is 3.74. The number of aromatic nitrogens is 5. The number of nitrogens with zero attached hydrogens (tertiary/aromatic N) is 7. The Morgan fingerprint density at radius 2 is 1.65 bits per heavy atom. The van der Waals surface area contributed by atoms with Gasteiger partial charge in [0.2, 0.25) is 11.8 Å². The number of nitrogens with one attached hydrogen (secondary N) is 1. The smallest absolute Gasteiger partial charge is 0.261 e. The molecule has 0 aliphatic carbocycles. The van der Waals surface area contributed by atoms with Gasteiger partial charge >= 0.3 is 0 Å². The van der Waals surface area contributed by atoms with Gasteiger partial charge in [0.05, 0.1) is 22.7 Å². The van der Waals surface area contributed by atoms with E-state index in [0.717, 1.165) is 16.0 Å². The van der Waals surface area contributed by atoms with Gasteiger partial charge in [-0.1, -0.05) is 24.3 Å². The van der Waals surface area contributed by atoms with E-state index in [2.05, 4.69) is 41.3 Å². The normalized spacial score (nSPS) is 17.2. The van der Waals surface area contributed by atoms with Gasteiger partial charge < -0.3 is 10.2 Å². The molecule has 7 rings (SSSR count). The van der Waals surface area contributed by atoms with Crippen molar-refractivity contribution in [2.45, 2.75) is 38.9 Å². The van der Waals surface area contributed by atoms with Gasteiger partial charge in [-0.05, 0) is 71.2 Å². The number of aryl methyl sites for hydroxylation is 1. The summed E-state index contributed by atoms with van der Waals surface area (Å²) >= 11 is 3.29. The van der Waals surface area contributed by atoms with Crippen molar-refractivity contribution in [1.82, 2.24) is 34.5 Å². The fourth-order valence-electron chi connectivity index (χ4n) is 6.33. The molecule has 4 amide bonds. The number of amides is 4. The number of hydrogen-bond donors (Lipinski definition) is 1. The highest BCUT2D eigenvalue weighted by Crippen LogP contribution is 2.33. The first-order chi connectivity index (χ1) is 23.1. The summed E-state index contributed by atoms with van der Waals surface area (Å²) in [5, 5.41) is 7.80. The summed E-state index contributed by atoms with van der Waals surface area (Å²) in [5.41, 5.74) is 2.75. The number of rotatable bonds is 7. The van der Waals surface area contributed by atoms with Crippen molar-refractivity contribution in [3.05, 3.63) is 100 Å². The minimum absolute atomic E-state index is 0.0945. The number of pyridine rings is 1. The number of hydrogen-bond acceptors (Lipinski definition) is 9. The molecule has 14 heteroatoms. The Morgan fingerprint density at radius 3 is 2.31 bits per heavy atom. The van der Waals surface area contributed by atoms with E-state index in [4.69, 9.17) is 0 Å². The summed E-state index contributed by atoms with van der Waals surface area (Å²) in [6.45, 7) is 2.98. The van der Waals surface area contributed by atoms with Gasteiger partial charge in [0.25, 0.3) is 11.8 Å². The lowest BCUT2D eigenvalue weighted by molar-refractivity contribution is -0.138. The minimum atomic E-state index is -1.22. The van der Waals surface area contributed by atoms with Crippen LogP contribution < -0.4 is 5.32 Å². The molecule has 1 N–H and O–H groups in total. The zero-order valence-electron chi connectivity index (χ0n) is 25.8. The average molecular weight is 708 g/mol. The summed E-state index contributed by atoms with van der Waals surface area (Å²) in [7, 11) is 0. The summed E-state index contributed by atoms with van der Waals surface area (Å²) in [4.78, 5) is 82.9. The maximum atomic E-state index is 14.1. The number of benzene rings is 2. The molecule has 0 unspecified atom stereocenters. The molecule has 48 heavy (non-hydrogen) atoms. The van der Waals surface area contributed by atoms with Crippen LogP contribution in [0.2, 0.25) is 0 Å². The van der Waals surface area contributed by atoms with Gasteiger partial charge in [-0.15, -0.1) is 0 Å². The Kier molecular flexibility index (Phi) is 7.87. The highest BCUT2D eigenvalue weighted by atomic mass is 79.9. The third-order valence-electron chi connectivity index (χ3n) is 8.56. The number of Topliss-reactive ketones (excluding diaryl/α,β-unsaturated/α-hetero) is 1. The lowest BCUT2D eigenvalue weighted by atomic mass is 10.0. The van der Waals surface area contributed by atoms with Crippen molar-refractivity contribution in [2.75, 3.05) is 11.9 Å². The SMILES string of the molecule is CC(=O)c1nn(CC(=O)N2CC[C@@H](N3C(=O)c4ccccc4C3=O)[C@H]2C(=O)Nc2cccc(Br)n2)c2ccc(-c3cnc(C)nc3)cc12. The van der Waals surface area contributed by atoms with Crippen molar-refractivity contribution in [3.8, 4) is 11.1 Å². The van der Waals surface area contributed by atoms with Crippen molar-refractivity contribution in [2.24, 2.45) is 0 Å². The van der Waals surface area contributed by atoms with Gasteiger partial charge in [-0.25, -0.2) is 15.0 Å². The van der Waals surface area contributed by atoms with E-state index >= 15 is 0 Å². The van der Waals surface area contributed by atoms with Crippen molar-refractivity contribution >= 4 is 62.1 Å². The van der Waals surface area contributed by atoms with Crippen LogP contribution in [0.25, 0.3) is 22.0 Å². The quantitative estimate of drug-likeness (QED) is 0.150. The molecular weight excluding hydrogens is 680 g/mol. The standard InChI is InChI=1S/C34H27BrN8O5/c1-18(44)30-24-14-20(21-15-36-19(2)37-16-21)10-11-25(24)42(40-30)17-29(45)41-13-12-26(31(41)32(46)39-28-9-5-8-27(35)38-28)43-33(47)22-6-3-4-7-23(22)34(43)48/h3-11,14-16,26,31H,12-13,17H2,1-2H3,(H,38,39,46)/t26-,31+/m1/s1. The highest BCUT2D eigenvalue weighted by Gasteiger charge is 2.51. The maximum Gasteiger partial charge on any atom is 0.261 e. The van der Waals surface area contributed by atoms with Crippen LogP contribution in [0.3, 0.4) is 0 Å². The summed E-state index contributed by atoms with van der Waals surface area (Å²) in [6.07, 6.45) is 3.57. The molecule has 2 aliphatic heterocycles. The van der Waals surface area contributed by atoms with E-state index in [1.165, 1.54) is 16.5 Å². The van der Waals surface area contributed by atoms with E-state index < -0.39 is 35.7 Å². The van der Waals surface area contributed by atoms with Crippen LogP contribution in [0.15, 0.2) is 77.7 Å². The monoisotopic (exact) mass is 706 g/mol.